The third kappa shape index (κ3) is 3.33. The third-order valence-corrected chi connectivity index (χ3v) is 5.48. The summed E-state index contributed by atoms with van der Waals surface area (Å²) in [5.74, 6) is -5.42. The number of amides is 2. The summed E-state index contributed by atoms with van der Waals surface area (Å²) < 4.78 is 41.7. The Morgan fingerprint density at radius 2 is 1.87 bits per heavy atom. The maximum absolute atomic E-state index is 13.5. The van der Waals surface area contributed by atoms with E-state index in [1.54, 1.807) is 11.6 Å². The Bertz CT molecular complexity index is 1000. The van der Waals surface area contributed by atoms with Crippen LogP contribution in [0.2, 0.25) is 0 Å². The summed E-state index contributed by atoms with van der Waals surface area (Å²) in [5.41, 5.74) is 0.913. The second-order valence-electron chi connectivity index (χ2n) is 7.54. The van der Waals surface area contributed by atoms with Gasteiger partial charge in [-0.3, -0.25) is 14.3 Å². The lowest BCUT2D eigenvalue weighted by molar-refractivity contribution is -0.134. The molecule has 2 amide bonds. The first kappa shape index (κ1) is 20.4. The summed E-state index contributed by atoms with van der Waals surface area (Å²) in [4.78, 5) is 27.7. The number of benzene rings is 1. The summed E-state index contributed by atoms with van der Waals surface area (Å²) in [5, 5.41) is 23.7. The maximum atomic E-state index is 13.5. The summed E-state index contributed by atoms with van der Waals surface area (Å²) >= 11 is 0. The molecule has 0 bridgehead atoms. The van der Waals surface area contributed by atoms with Crippen molar-refractivity contribution in [2.24, 2.45) is 0 Å². The number of anilines is 1. The highest BCUT2D eigenvalue weighted by molar-refractivity contribution is 5.99. The van der Waals surface area contributed by atoms with Crippen LogP contribution in [0.3, 0.4) is 0 Å². The van der Waals surface area contributed by atoms with Crippen LogP contribution in [0.15, 0.2) is 18.3 Å². The number of β-amino-alcohol motifs (C(OH)–C–C–N with tert-alkyl or cyclic N) is 1. The van der Waals surface area contributed by atoms with Crippen LogP contribution < -0.4 is 4.90 Å². The van der Waals surface area contributed by atoms with Gasteiger partial charge in [-0.25, -0.2) is 13.2 Å². The smallest absolute Gasteiger partial charge is 0.258 e. The predicted molar refractivity (Wildman–Crippen MR) is 96.6 cm³/mol. The lowest BCUT2D eigenvalue weighted by atomic mass is 10.1. The van der Waals surface area contributed by atoms with Gasteiger partial charge in [0.05, 0.1) is 43.6 Å². The van der Waals surface area contributed by atoms with Gasteiger partial charge in [-0.1, -0.05) is 0 Å². The van der Waals surface area contributed by atoms with Crippen molar-refractivity contribution in [1.82, 2.24) is 14.7 Å². The Kier molecular flexibility index (Phi) is 5.02. The SMILES string of the molecule is C[C@H]1Cn2ncc(N3C[C@@H](O)[C@H](O)C3=O)c2CN1C(=O)Cc1cc(F)c(F)c(F)c1. The van der Waals surface area contributed by atoms with E-state index in [1.165, 1.54) is 16.0 Å². The fourth-order valence-electron chi connectivity index (χ4n) is 3.85. The van der Waals surface area contributed by atoms with E-state index in [0.29, 0.717) is 17.9 Å². The Labute approximate surface area is 169 Å². The molecule has 8 nitrogen and oxygen atoms in total. The molecule has 3 atom stereocenters. The minimum Gasteiger partial charge on any atom is -0.388 e. The van der Waals surface area contributed by atoms with Crippen molar-refractivity contribution in [2.45, 2.75) is 44.7 Å². The van der Waals surface area contributed by atoms with E-state index in [2.05, 4.69) is 5.10 Å². The zero-order chi connectivity index (χ0) is 21.7. The van der Waals surface area contributed by atoms with Gasteiger partial charge in [0.1, 0.15) is 6.10 Å². The van der Waals surface area contributed by atoms with Gasteiger partial charge in [0.2, 0.25) is 5.91 Å². The number of hydrogen-bond donors (Lipinski definition) is 2. The standard InChI is InChI=1S/C19H19F3N4O4/c1-9-6-26-14(13(5-23-26)25-8-15(27)18(29)19(25)30)7-24(9)16(28)4-10-2-11(20)17(22)12(21)3-10/h2-3,5,9,15,18,27,29H,4,6-8H2,1H3/t9-,15+,18-/m0/s1. The Hall–Kier alpha value is -2.92. The molecule has 0 unspecified atom stereocenters. The molecule has 0 saturated carbocycles. The lowest BCUT2D eigenvalue weighted by Gasteiger charge is -2.35. The van der Waals surface area contributed by atoms with E-state index < -0.39 is 41.5 Å². The molecule has 1 aromatic carbocycles. The number of nitrogens with zero attached hydrogens (tertiary/aromatic N) is 4. The van der Waals surface area contributed by atoms with Crippen molar-refractivity contribution in [3.63, 3.8) is 0 Å². The van der Waals surface area contributed by atoms with Gasteiger partial charge >= 0.3 is 0 Å². The number of aliphatic hydroxyl groups excluding tert-OH is 2. The number of halogens is 3. The Morgan fingerprint density at radius 3 is 2.47 bits per heavy atom. The van der Waals surface area contributed by atoms with Gasteiger partial charge in [-0.2, -0.15) is 5.10 Å². The lowest BCUT2D eigenvalue weighted by Crippen LogP contribution is -2.46. The molecular weight excluding hydrogens is 405 g/mol. The molecule has 2 aliphatic heterocycles. The van der Waals surface area contributed by atoms with Crippen LogP contribution in [-0.4, -0.2) is 61.5 Å². The molecular formula is C19H19F3N4O4. The van der Waals surface area contributed by atoms with E-state index >= 15 is 0 Å². The number of carbonyl (C=O) groups excluding carboxylic acids is 2. The molecule has 2 aromatic rings. The monoisotopic (exact) mass is 424 g/mol. The molecule has 0 spiro atoms. The predicted octanol–water partition coefficient (Wildman–Crippen LogP) is 0.342. The first-order chi connectivity index (χ1) is 14.2. The molecule has 1 saturated heterocycles. The second kappa shape index (κ2) is 7.40. The van der Waals surface area contributed by atoms with Gasteiger partial charge in [0.25, 0.3) is 5.91 Å². The summed E-state index contributed by atoms with van der Waals surface area (Å²) in [6, 6.07) is 1.27. The first-order valence-electron chi connectivity index (χ1n) is 9.32. The minimum atomic E-state index is -1.59. The van der Waals surface area contributed by atoms with Crippen LogP contribution in [0, 0.1) is 17.5 Å². The molecule has 1 fully saturated rings. The van der Waals surface area contributed by atoms with Gasteiger partial charge in [0, 0.05) is 6.04 Å². The molecule has 4 rings (SSSR count). The quantitative estimate of drug-likeness (QED) is 0.693. The fourth-order valence-corrected chi connectivity index (χ4v) is 3.85. The van der Waals surface area contributed by atoms with Gasteiger partial charge < -0.3 is 20.0 Å². The second-order valence-corrected chi connectivity index (χ2v) is 7.54. The number of rotatable bonds is 3. The maximum Gasteiger partial charge on any atom is 0.258 e. The summed E-state index contributed by atoms with van der Waals surface area (Å²) in [6.45, 7) is 2.07. The Morgan fingerprint density at radius 1 is 1.20 bits per heavy atom. The molecule has 0 aliphatic carbocycles. The highest BCUT2D eigenvalue weighted by Crippen LogP contribution is 2.30. The number of aromatic nitrogens is 2. The normalized spacial score (nSPS) is 23.8. The zero-order valence-electron chi connectivity index (χ0n) is 15.9. The average molecular weight is 424 g/mol. The van der Waals surface area contributed by atoms with Gasteiger partial charge in [0.15, 0.2) is 23.6 Å². The number of fused-ring (bicyclic) bond motifs is 1. The highest BCUT2D eigenvalue weighted by atomic mass is 19.2. The number of aliphatic hydroxyl groups is 2. The largest absolute Gasteiger partial charge is 0.388 e. The minimum absolute atomic E-state index is 0.00358. The van der Waals surface area contributed by atoms with Crippen molar-refractivity contribution < 1.29 is 33.0 Å². The van der Waals surface area contributed by atoms with Crippen molar-refractivity contribution in [2.75, 3.05) is 11.4 Å². The molecule has 160 valence electrons. The van der Waals surface area contributed by atoms with Gasteiger partial charge in [-0.05, 0) is 24.6 Å². The van der Waals surface area contributed by atoms with Crippen LogP contribution in [0.25, 0.3) is 0 Å². The van der Waals surface area contributed by atoms with Gasteiger partial charge in [-0.15, -0.1) is 0 Å². The highest BCUT2D eigenvalue weighted by Gasteiger charge is 2.41. The van der Waals surface area contributed by atoms with E-state index in [1.807, 2.05) is 0 Å². The summed E-state index contributed by atoms with van der Waals surface area (Å²) in [6.07, 6.45) is -1.65. The third-order valence-electron chi connectivity index (χ3n) is 5.48. The van der Waals surface area contributed by atoms with E-state index in [4.69, 9.17) is 0 Å². The van der Waals surface area contributed by atoms with Crippen LogP contribution in [0.1, 0.15) is 18.2 Å². The number of carbonyl (C=O) groups is 2. The van der Waals surface area contributed by atoms with Crippen molar-refractivity contribution in [1.29, 1.82) is 0 Å². The zero-order valence-corrected chi connectivity index (χ0v) is 15.9. The van der Waals surface area contributed by atoms with Crippen molar-refractivity contribution in [3.05, 3.63) is 47.0 Å². The number of hydrogen-bond acceptors (Lipinski definition) is 5. The molecule has 1 aromatic heterocycles. The first-order valence-corrected chi connectivity index (χ1v) is 9.32. The van der Waals surface area contributed by atoms with Crippen LogP contribution in [0.4, 0.5) is 18.9 Å². The summed E-state index contributed by atoms with van der Waals surface area (Å²) in [7, 11) is 0. The molecule has 0 radical (unpaired) electrons. The molecule has 3 heterocycles. The fraction of sp³-hybridized carbons (Fsp3) is 0.421. The molecule has 2 N–H and O–H groups in total. The molecule has 2 aliphatic rings. The molecule has 30 heavy (non-hydrogen) atoms. The van der Waals surface area contributed by atoms with Crippen LogP contribution in [-0.2, 0) is 29.1 Å². The van der Waals surface area contributed by atoms with E-state index in [-0.39, 0.29) is 31.1 Å². The average Bonchev–Trinajstić information content (AvgIpc) is 3.20. The van der Waals surface area contributed by atoms with Crippen LogP contribution >= 0.6 is 0 Å². The molecule has 11 heteroatoms. The van der Waals surface area contributed by atoms with E-state index in [9.17, 15) is 33.0 Å². The van der Waals surface area contributed by atoms with E-state index in [0.717, 1.165) is 12.1 Å². The van der Waals surface area contributed by atoms with Crippen molar-refractivity contribution >= 4 is 17.5 Å². The Balaban J connectivity index is 1.57. The van der Waals surface area contributed by atoms with Crippen LogP contribution in [0.5, 0.6) is 0 Å². The topological polar surface area (TPSA) is 98.9 Å². The van der Waals surface area contributed by atoms with Crippen molar-refractivity contribution in [3.8, 4) is 0 Å².